The highest BCUT2D eigenvalue weighted by Crippen LogP contribution is 2.22. The number of imide groups is 1. The Morgan fingerprint density at radius 2 is 1.67 bits per heavy atom. The van der Waals surface area contributed by atoms with Crippen molar-refractivity contribution >= 4 is 17.6 Å². The maximum Gasteiger partial charge on any atom is 0.247 e. The molecule has 2 saturated heterocycles. The van der Waals surface area contributed by atoms with Gasteiger partial charge in [0.05, 0.1) is 12.5 Å². The van der Waals surface area contributed by atoms with Crippen molar-refractivity contribution in [1.82, 2.24) is 14.8 Å². The summed E-state index contributed by atoms with van der Waals surface area (Å²) in [5, 5.41) is 0. The van der Waals surface area contributed by atoms with Gasteiger partial charge >= 0.3 is 0 Å². The van der Waals surface area contributed by atoms with Crippen LogP contribution in [0.15, 0.2) is 54.7 Å². The number of pyridine rings is 1. The van der Waals surface area contributed by atoms with Crippen LogP contribution in [0.2, 0.25) is 0 Å². The SMILES string of the molecule is O=C1C[C@@H](N2CCN(c3ccccn3)CC2)C(=O)N1CCc1ccccc1. The van der Waals surface area contributed by atoms with Gasteiger partial charge in [-0.05, 0) is 24.1 Å². The van der Waals surface area contributed by atoms with E-state index in [2.05, 4.69) is 14.8 Å². The van der Waals surface area contributed by atoms with Crippen LogP contribution in [0.1, 0.15) is 12.0 Å². The lowest BCUT2D eigenvalue weighted by Gasteiger charge is -2.37. The van der Waals surface area contributed by atoms with Gasteiger partial charge in [0, 0.05) is 38.9 Å². The molecule has 2 fully saturated rings. The molecule has 2 aromatic rings. The second kappa shape index (κ2) is 7.88. The molecule has 4 rings (SSSR count). The first kappa shape index (κ1) is 17.7. The minimum atomic E-state index is -0.306. The van der Waals surface area contributed by atoms with Crippen molar-refractivity contribution in [2.75, 3.05) is 37.6 Å². The number of carbonyl (C=O) groups excluding carboxylic acids is 2. The third-order valence-corrected chi connectivity index (χ3v) is 5.42. The van der Waals surface area contributed by atoms with E-state index in [1.54, 1.807) is 6.20 Å². The van der Waals surface area contributed by atoms with Crippen molar-refractivity contribution < 1.29 is 9.59 Å². The zero-order chi connectivity index (χ0) is 18.6. The number of likely N-dealkylation sites (tertiary alicyclic amines) is 1. The summed E-state index contributed by atoms with van der Waals surface area (Å²) in [5.41, 5.74) is 1.14. The Kier molecular flexibility index (Phi) is 5.16. The predicted molar refractivity (Wildman–Crippen MR) is 103 cm³/mol. The molecular weight excluding hydrogens is 340 g/mol. The summed E-state index contributed by atoms with van der Waals surface area (Å²) >= 11 is 0. The average molecular weight is 364 g/mol. The van der Waals surface area contributed by atoms with E-state index in [0.717, 1.165) is 37.6 Å². The number of hydrogen-bond donors (Lipinski definition) is 0. The van der Waals surface area contributed by atoms with Gasteiger partial charge in [-0.25, -0.2) is 4.98 Å². The smallest absolute Gasteiger partial charge is 0.247 e. The average Bonchev–Trinajstić information content (AvgIpc) is 3.01. The number of anilines is 1. The summed E-state index contributed by atoms with van der Waals surface area (Å²) in [5.74, 6) is 0.880. The lowest BCUT2D eigenvalue weighted by Crippen LogP contribution is -2.52. The lowest BCUT2D eigenvalue weighted by molar-refractivity contribution is -0.139. The summed E-state index contributed by atoms with van der Waals surface area (Å²) in [6, 6.07) is 15.6. The van der Waals surface area contributed by atoms with Crippen LogP contribution < -0.4 is 4.90 Å². The second-order valence-corrected chi connectivity index (χ2v) is 7.05. The van der Waals surface area contributed by atoms with Crippen molar-refractivity contribution in [1.29, 1.82) is 0 Å². The van der Waals surface area contributed by atoms with E-state index in [1.165, 1.54) is 4.90 Å². The Bertz CT molecular complexity index is 788. The number of amides is 2. The fraction of sp³-hybridized carbons (Fsp3) is 0.381. The van der Waals surface area contributed by atoms with Crippen LogP contribution in [0.25, 0.3) is 0 Å². The molecular formula is C21H24N4O2. The maximum absolute atomic E-state index is 12.8. The second-order valence-electron chi connectivity index (χ2n) is 7.05. The molecule has 6 nitrogen and oxygen atoms in total. The van der Waals surface area contributed by atoms with Gasteiger partial charge in [0.25, 0.3) is 0 Å². The molecule has 0 radical (unpaired) electrons. The van der Waals surface area contributed by atoms with Crippen molar-refractivity contribution in [3.05, 3.63) is 60.3 Å². The molecule has 1 aromatic carbocycles. The zero-order valence-corrected chi connectivity index (χ0v) is 15.3. The van der Waals surface area contributed by atoms with Crippen molar-refractivity contribution in [2.45, 2.75) is 18.9 Å². The summed E-state index contributed by atoms with van der Waals surface area (Å²) in [4.78, 5) is 35.5. The standard InChI is InChI=1S/C21H24N4O2/c26-20-16-18(21(27)25(20)11-9-17-6-2-1-3-7-17)23-12-14-24(15-13-23)19-8-4-5-10-22-19/h1-8,10,18H,9,11-16H2/t18-/m1/s1. The van der Waals surface area contributed by atoms with Crippen LogP contribution in [0.4, 0.5) is 5.82 Å². The molecule has 0 unspecified atom stereocenters. The number of aromatic nitrogens is 1. The summed E-state index contributed by atoms with van der Waals surface area (Å²) < 4.78 is 0. The van der Waals surface area contributed by atoms with Crippen molar-refractivity contribution in [2.24, 2.45) is 0 Å². The van der Waals surface area contributed by atoms with E-state index in [9.17, 15) is 9.59 Å². The van der Waals surface area contributed by atoms with Gasteiger partial charge in [-0.15, -0.1) is 0 Å². The molecule has 3 heterocycles. The Morgan fingerprint density at radius 1 is 0.926 bits per heavy atom. The Labute approximate surface area is 159 Å². The fourth-order valence-corrected chi connectivity index (χ4v) is 3.87. The number of nitrogens with zero attached hydrogens (tertiary/aromatic N) is 4. The molecule has 2 aliphatic rings. The Hall–Kier alpha value is -2.73. The molecule has 1 aromatic heterocycles. The maximum atomic E-state index is 12.8. The molecule has 2 amide bonds. The first-order valence-corrected chi connectivity index (χ1v) is 9.50. The summed E-state index contributed by atoms with van der Waals surface area (Å²) in [7, 11) is 0. The van der Waals surface area contributed by atoms with Gasteiger partial charge in [-0.3, -0.25) is 19.4 Å². The number of hydrogen-bond acceptors (Lipinski definition) is 5. The summed E-state index contributed by atoms with van der Waals surface area (Å²) in [6.07, 6.45) is 2.81. The molecule has 1 atom stereocenters. The van der Waals surface area contributed by atoms with E-state index in [4.69, 9.17) is 0 Å². The lowest BCUT2D eigenvalue weighted by atomic mass is 10.1. The third kappa shape index (κ3) is 3.85. The van der Waals surface area contributed by atoms with Gasteiger partial charge < -0.3 is 4.90 Å². The van der Waals surface area contributed by atoms with Crippen molar-refractivity contribution in [3.63, 3.8) is 0 Å². The quantitative estimate of drug-likeness (QED) is 0.754. The van der Waals surface area contributed by atoms with E-state index in [1.807, 2.05) is 48.5 Å². The molecule has 2 aliphatic heterocycles. The van der Waals surface area contributed by atoms with Gasteiger partial charge in [0.1, 0.15) is 5.82 Å². The molecule has 27 heavy (non-hydrogen) atoms. The van der Waals surface area contributed by atoms with Gasteiger partial charge in [0.2, 0.25) is 11.8 Å². The molecule has 0 aliphatic carbocycles. The Morgan fingerprint density at radius 3 is 2.37 bits per heavy atom. The first-order chi connectivity index (χ1) is 13.2. The largest absolute Gasteiger partial charge is 0.354 e. The molecule has 140 valence electrons. The minimum Gasteiger partial charge on any atom is -0.354 e. The van der Waals surface area contributed by atoms with Crippen LogP contribution in [0, 0.1) is 0 Å². The van der Waals surface area contributed by atoms with E-state index in [0.29, 0.717) is 19.4 Å². The third-order valence-electron chi connectivity index (χ3n) is 5.42. The van der Waals surface area contributed by atoms with Crippen LogP contribution in [0.5, 0.6) is 0 Å². The van der Waals surface area contributed by atoms with E-state index < -0.39 is 0 Å². The predicted octanol–water partition coefficient (Wildman–Crippen LogP) is 1.57. The van der Waals surface area contributed by atoms with Crippen LogP contribution in [0.3, 0.4) is 0 Å². The van der Waals surface area contributed by atoms with Crippen LogP contribution in [-0.2, 0) is 16.0 Å². The highest BCUT2D eigenvalue weighted by atomic mass is 16.2. The summed E-state index contributed by atoms with van der Waals surface area (Å²) in [6.45, 7) is 3.64. The fourth-order valence-electron chi connectivity index (χ4n) is 3.87. The number of rotatable bonds is 5. The number of benzene rings is 1. The molecule has 0 saturated carbocycles. The Balaban J connectivity index is 1.34. The van der Waals surface area contributed by atoms with Gasteiger partial charge in [-0.2, -0.15) is 0 Å². The van der Waals surface area contributed by atoms with Crippen LogP contribution >= 0.6 is 0 Å². The molecule has 0 N–H and O–H groups in total. The highest BCUT2D eigenvalue weighted by Gasteiger charge is 2.42. The number of carbonyl (C=O) groups is 2. The van der Waals surface area contributed by atoms with E-state index in [-0.39, 0.29) is 17.9 Å². The van der Waals surface area contributed by atoms with Gasteiger partial charge in [-0.1, -0.05) is 36.4 Å². The monoisotopic (exact) mass is 364 g/mol. The molecule has 0 spiro atoms. The normalized spacial score (nSPS) is 21.1. The van der Waals surface area contributed by atoms with Crippen LogP contribution in [-0.4, -0.2) is 65.4 Å². The van der Waals surface area contributed by atoms with E-state index >= 15 is 0 Å². The van der Waals surface area contributed by atoms with Gasteiger partial charge in [0.15, 0.2) is 0 Å². The highest BCUT2D eigenvalue weighted by molar-refractivity contribution is 6.05. The van der Waals surface area contributed by atoms with Crippen molar-refractivity contribution in [3.8, 4) is 0 Å². The number of piperazine rings is 1. The first-order valence-electron chi connectivity index (χ1n) is 9.50. The molecule has 6 heteroatoms. The molecule has 0 bridgehead atoms. The topological polar surface area (TPSA) is 56.8 Å². The zero-order valence-electron chi connectivity index (χ0n) is 15.3. The minimum absolute atomic E-state index is 0.0396.